The highest BCUT2D eigenvalue weighted by Gasteiger charge is 2.24. The summed E-state index contributed by atoms with van der Waals surface area (Å²) in [6.45, 7) is 9.31. The van der Waals surface area contributed by atoms with E-state index in [0.29, 0.717) is 11.8 Å². The average Bonchev–Trinajstić information content (AvgIpc) is 2.65. The first-order valence-corrected chi connectivity index (χ1v) is 10.1. The molecule has 2 rings (SSSR count). The Hall–Kier alpha value is -1.52. The molecule has 2 unspecified atom stereocenters. The molecule has 1 fully saturated rings. The van der Waals surface area contributed by atoms with Crippen LogP contribution >= 0.6 is 0 Å². The van der Waals surface area contributed by atoms with Crippen molar-refractivity contribution in [2.24, 2.45) is 17.8 Å². The number of rotatable bonds is 6. The first-order valence-electron chi connectivity index (χ1n) is 10.1. The third-order valence-electron chi connectivity index (χ3n) is 5.53. The SMILES string of the molecule is CCC#CC(/C=C(\C(C)CC)C1CCN(C)CC1)Cc1ccccc1. The van der Waals surface area contributed by atoms with E-state index in [1.807, 2.05) is 0 Å². The number of piperidine rings is 1. The molecule has 136 valence electrons. The van der Waals surface area contributed by atoms with E-state index in [9.17, 15) is 0 Å². The average molecular weight is 338 g/mol. The molecule has 25 heavy (non-hydrogen) atoms. The maximum absolute atomic E-state index is 3.54. The predicted octanol–water partition coefficient (Wildman–Crippen LogP) is 5.57. The minimum absolute atomic E-state index is 0.339. The lowest BCUT2D eigenvalue weighted by molar-refractivity contribution is 0.230. The second-order valence-corrected chi connectivity index (χ2v) is 7.52. The van der Waals surface area contributed by atoms with Gasteiger partial charge in [-0.2, -0.15) is 0 Å². The van der Waals surface area contributed by atoms with Crippen molar-refractivity contribution in [1.82, 2.24) is 4.90 Å². The summed E-state index contributed by atoms with van der Waals surface area (Å²) in [7, 11) is 2.24. The van der Waals surface area contributed by atoms with Crippen LogP contribution in [-0.2, 0) is 6.42 Å². The van der Waals surface area contributed by atoms with Crippen LogP contribution in [0, 0.1) is 29.6 Å². The molecule has 0 bridgehead atoms. The van der Waals surface area contributed by atoms with Crippen LogP contribution in [-0.4, -0.2) is 25.0 Å². The van der Waals surface area contributed by atoms with Crippen LogP contribution in [0.3, 0.4) is 0 Å². The maximum atomic E-state index is 3.54. The zero-order chi connectivity index (χ0) is 18.1. The van der Waals surface area contributed by atoms with Crippen molar-refractivity contribution in [2.75, 3.05) is 20.1 Å². The highest BCUT2D eigenvalue weighted by molar-refractivity contribution is 5.24. The standard InChI is InChI=1S/C24H35N/c1-5-7-11-22(18-21-12-9-8-10-13-21)19-24(20(3)6-2)23-14-16-25(4)17-15-23/h8-10,12-13,19-20,22-23H,5-6,14-18H2,1-4H3/b24-19+. The van der Waals surface area contributed by atoms with E-state index in [-0.39, 0.29) is 0 Å². The predicted molar refractivity (Wildman–Crippen MR) is 109 cm³/mol. The molecule has 1 aliphatic rings. The molecule has 1 aromatic rings. The van der Waals surface area contributed by atoms with Gasteiger partial charge in [0.1, 0.15) is 0 Å². The quantitative estimate of drug-likeness (QED) is 0.484. The fourth-order valence-corrected chi connectivity index (χ4v) is 3.77. The maximum Gasteiger partial charge on any atom is 0.0425 e. The van der Waals surface area contributed by atoms with Gasteiger partial charge >= 0.3 is 0 Å². The molecular formula is C24H35N. The summed E-state index contributed by atoms with van der Waals surface area (Å²) in [5, 5.41) is 0. The van der Waals surface area contributed by atoms with Crippen molar-refractivity contribution in [2.45, 2.75) is 52.9 Å². The fraction of sp³-hybridized carbons (Fsp3) is 0.583. The summed E-state index contributed by atoms with van der Waals surface area (Å²) >= 11 is 0. The molecule has 0 aliphatic carbocycles. The second kappa shape index (κ2) is 10.5. The lowest BCUT2D eigenvalue weighted by Gasteiger charge is -2.33. The second-order valence-electron chi connectivity index (χ2n) is 7.52. The normalized spacial score (nSPS) is 19.1. The third-order valence-corrected chi connectivity index (χ3v) is 5.53. The number of benzene rings is 1. The number of likely N-dealkylation sites (tertiary alicyclic amines) is 1. The Kier molecular flexibility index (Phi) is 8.29. The lowest BCUT2D eigenvalue weighted by Crippen LogP contribution is -2.32. The fourth-order valence-electron chi connectivity index (χ4n) is 3.77. The van der Waals surface area contributed by atoms with Gasteiger partial charge in [-0.3, -0.25) is 0 Å². The van der Waals surface area contributed by atoms with Crippen LogP contribution in [0.5, 0.6) is 0 Å². The Balaban J connectivity index is 2.23. The number of nitrogens with zero attached hydrogens (tertiary/aromatic N) is 1. The minimum atomic E-state index is 0.339. The number of hydrogen-bond donors (Lipinski definition) is 0. The Morgan fingerprint density at radius 3 is 2.48 bits per heavy atom. The Morgan fingerprint density at radius 1 is 1.20 bits per heavy atom. The molecule has 0 radical (unpaired) electrons. The molecule has 0 N–H and O–H groups in total. The van der Waals surface area contributed by atoms with Gasteiger partial charge in [0.15, 0.2) is 0 Å². The minimum Gasteiger partial charge on any atom is -0.306 e. The molecule has 0 spiro atoms. The molecular weight excluding hydrogens is 302 g/mol. The summed E-state index contributed by atoms with van der Waals surface area (Å²) in [4.78, 5) is 2.46. The van der Waals surface area contributed by atoms with E-state index in [2.05, 4.69) is 81.0 Å². The topological polar surface area (TPSA) is 3.24 Å². The van der Waals surface area contributed by atoms with E-state index < -0.39 is 0 Å². The zero-order valence-corrected chi connectivity index (χ0v) is 16.6. The summed E-state index contributed by atoms with van der Waals surface area (Å²) < 4.78 is 0. The van der Waals surface area contributed by atoms with Crippen molar-refractivity contribution in [3.8, 4) is 11.8 Å². The van der Waals surface area contributed by atoms with Gasteiger partial charge in [0.2, 0.25) is 0 Å². The lowest BCUT2D eigenvalue weighted by atomic mass is 9.79. The van der Waals surface area contributed by atoms with E-state index in [1.165, 1.54) is 37.9 Å². The van der Waals surface area contributed by atoms with Crippen LogP contribution in [0.15, 0.2) is 42.0 Å². The molecule has 2 atom stereocenters. The van der Waals surface area contributed by atoms with Crippen molar-refractivity contribution in [1.29, 1.82) is 0 Å². The Morgan fingerprint density at radius 2 is 1.88 bits per heavy atom. The Bertz CT molecular complexity index is 582. The highest BCUT2D eigenvalue weighted by Crippen LogP contribution is 2.32. The van der Waals surface area contributed by atoms with Gasteiger partial charge in [0.05, 0.1) is 0 Å². The van der Waals surface area contributed by atoms with Crippen molar-refractivity contribution in [3.05, 3.63) is 47.5 Å². The summed E-state index contributed by atoms with van der Waals surface area (Å²) in [6, 6.07) is 10.8. The molecule has 1 aliphatic heterocycles. The van der Waals surface area contributed by atoms with E-state index in [0.717, 1.165) is 18.8 Å². The van der Waals surface area contributed by atoms with Crippen LogP contribution < -0.4 is 0 Å². The molecule has 1 heteroatoms. The van der Waals surface area contributed by atoms with Crippen LogP contribution in [0.4, 0.5) is 0 Å². The molecule has 1 heterocycles. The largest absolute Gasteiger partial charge is 0.306 e. The van der Waals surface area contributed by atoms with Gasteiger partial charge in [-0.05, 0) is 63.2 Å². The number of hydrogen-bond acceptors (Lipinski definition) is 1. The van der Waals surface area contributed by atoms with Gasteiger partial charge in [0.25, 0.3) is 0 Å². The first-order chi connectivity index (χ1) is 12.1. The molecule has 1 saturated heterocycles. The van der Waals surface area contributed by atoms with E-state index >= 15 is 0 Å². The van der Waals surface area contributed by atoms with Crippen molar-refractivity contribution < 1.29 is 0 Å². The molecule has 0 aromatic heterocycles. The van der Waals surface area contributed by atoms with E-state index in [1.54, 1.807) is 5.57 Å². The summed E-state index contributed by atoms with van der Waals surface area (Å²) in [5.74, 6) is 8.62. The third kappa shape index (κ3) is 6.37. The van der Waals surface area contributed by atoms with Gasteiger partial charge in [-0.1, -0.05) is 68.7 Å². The summed E-state index contributed by atoms with van der Waals surface area (Å²) in [6.07, 6.45) is 8.32. The van der Waals surface area contributed by atoms with Crippen LogP contribution in [0.2, 0.25) is 0 Å². The Labute approximate surface area is 155 Å². The van der Waals surface area contributed by atoms with Crippen molar-refractivity contribution >= 4 is 0 Å². The monoisotopic (exact) mass is 337 g/mol. The van der Waals surface area contributed by atoms with E-state index in [4.69, 9.17) is 0 Å². The number of allylic oxidation sites excluding steroid dienone is 2. The van der Waals surface area contributed by atoms with Gasteiger partial charge in [-0.25, -0.2) is 0 Å². The molecule has 1 aromatic carbocycles. The van der Waals surface area contributed by atoms with Crippen LogP contribution in [0.25, 0.3) is 0 Å². The summed E-state index contributed by atoms with van der Waals surface area (Å²) in [5.41, 5.74) is 3.06. The van der Waals surface area contributed by atoms with Gasteiger partial charge in [-0.15, -0.1) is 5.92 Å². The molecule has 0 saturated carbocycles. The smallest absolute Gasteiger partial charge is 0.0425 e. The zero-order valence-electron chi connectivity index (χ0n) is 16.6. The first kappa shape index (κ1) is 19.8. The molecule has 0 amide bonds. The molecule has 1 nitrogen and oxygen atoms in total. The van der Waals surface area contributed by atoms with Gasteiger partial charge in [0, 0.05) is 12.3 Å². The van der Waals surface area contributed by atoms with Crippen molar-refractivity contribution in [3.63, 3.8) is 0 Å². The van der Waals surface area contributed by atoms with Gasteiger partial charge < -0.3 is 4.90 Å². The highest BCUT2D eigenvalue weighted by atomic mass is 15.1. The van der Waals surface area contributed by atoms with Crippen LogP contribution in [0.1, 0.15) is 52.0 Å².